The zero-order chi connectivity index (χ0) is 14.9. The predicted molar refractivity (Wildman–Crippen MR) is 83.4 cm³/mol. The molecule has 1 aromatic carbocycles. The Morgan fingerprint density at radius 1 is 1.29 bits per heavy atom. The molecule has 0 radical (unpaired) electrons. The molecule has 106 valence electrons. The first-order valence-electron chi connectivity index (χ1n) is 6.69. The number of nitrogens with zero attached hydrogens (tertiary/aromatic N) is 2. The number of pyridine rings is 1. The van der Waals surface area contributed by atoms with E-state index in [1.807, 2.05) is 36.1 Å². The molecule has 1 aliphatic heterocycles. The molecule has 0 N–H and O–H groups in total. The average molecular weight is 301 g/mol. The fourth-order valence-corrected chi connectivity index (χ4v) is 2.40. The maximum Gasteiger partial charge on any atom is 0.205 e. The summed E-state index contributed by atoms with van der Waals surface area (Å²) in [5.41, 5.74) is 1.10. The third kappa shape index (κ3) is 3.17. The van der Waals surface area contributed by atoms with Gasteiger partial charge >= 0.3 is 0 Å². The van der Waals surface area contributed by atoms with Gasteiger partial charge in [-0.1, -0.05) is 29.7 Å². The minimum atomic E-state index is -1.48. The van der Waals surface area contributed by atoms with Gasteiger partial charge in [0.1, 0.15) is 5.69 Å². The van der Waals surface area contributed by atoms with Gasteiger partial charge in [0, 0.05) is 16.9 Å². The molecule has 0 unspecified atom stereocenters. The summed E-state index contributed by atoms with van der Waals surface area (Å²) in [6.07, 6.45) is 1.73. The van der Waals surface area contributed by atoms with Crippen molar-refractivity contribution < 1.29 is 4.39 Å². The third-order valence-electron chi connectivity index (χ3n) is 3.38. The van der Waals surface area contributed by atoms with Crippen molar-refractivity contribution in [1.82, 2.24) is 4.98 Å². The summed E-state index contributed by atoms with van der Waals surface area (Å²) in [7, 11) is 0. The van der Waals surface area contributed by atoms with Gasteiger partial charge in [0.15, 0.2) is 0 Å². The lowest BCUT2D eigenvalue weighted by molar-refractivity contribution is 0.192. The Kier molecular flexibility index (Phi) is 3.57. The smallest absolute Gasteiger partial charge is 0.205 e. The number of benzene rings is 1. The van der Waals surface area contributed by atoms with Crippen molar-refractivity contribution in [1.29, 1.82) is 0 Å². The summed E-state index contributed by atoms with van der Waals surface area (Å²) in [5, 5.41) is 0.652. The van der Waals surface area contributed by atoms with Crippen LogP contribution in [-0.2, 0) is 0 Å². The maximum absolute atomic E-state index is 14.4. The summed E-state index contributed by atoms with van der Waals surface area (Å²) in [6.45, 7) is 2.47. The molecule has 3 rings (SSSR count). The lowest BCUT2D eigenvalue weighted by Crippen LogP contribution is -2.58. The zero-order valence-corrected chi connectivity index (χ0v) is 12.4. The van der Waals surface area contributed by atoms with Crippen LogP contribution in [0.5, 0.6) is 0 Å². The Labute approximate surface area is 128 Å². The number of aromatic nitrogens is 1. The van der Waals surface area contributed by atoms with Gasteiger partial charge in [0.05, 0.1) is 13.1 Å². The summed E-state index contributed by atoms with van der Waals surface area (Å²) >= 11 is 5.94. The fraction of sp³-hybridized carbons (Fsp3) is 0.235. The standard InChI is InChI=1S/C17H14ClFN2/c1-13-5-6-15(20-10-13)7-8-17(19)11-21(12-17)16-4-2-3-14(18)9-16/h2-6,9-10H,11-12H2,1H3. The van der Waals surface area contributed by atoms with E-state index in [1.165, 1.54) is 0 Å². The highest BCUT2D eigenvalue weighted by atomic mass is 35.5. The van der Waals surface area contributed by atoms with Crippen molar-refractivity contribution in [3.8, 4) is 11.8 Å². The van der Waals surface area contributed by atoms with Gasteiger partial charge in [-0.3, -0.25) is 0 Å². The predicted octanol–water partition coefficient (Wildman–Crippen LogP) is 3.62. The quantitative estimate of drug-likeness (QED) is 0.748. The second-order valence-electron chi connectivity index (χ2n) is 5.27. The van der Waals surface area contributed by atoms with Gasteiger partial charge in [-0.15, -0.1) is 0 Å². The minimum Gasteiger partial charge on any atom is -0.363 e. The first-order chi connectivity index (χ1) is 10.0. The highest BCUT2D eigenvalue weighted by molar-refractivity contribution is 6.30. The third-order valence-corrected chi connectivity index (χ3v) is 3.62. The second kappa shape index (κ2) is 5.38. The Morgan fingerprint density at radius 2 is 2.10 bits per heavy atom. The second-order valence-corrected chi connectivity index (χ2v) is 5.71. The average Bonchev–Trinajstić information content (AvgIpc) is 2.44. The lowest BCUT2D eigenvalue weighted by Gasteiger charge is -2.42. The van der Waals surface area contributed by atoms with Gasteiger partial charge in [0.2, 0.25) is 5.67 Å². The molecule has 2 aromatic rings. The monoisotopic (exact) mass is 300 g/mol. The van der Waals surface area contributed by atoms with Crippen molar-refractivity contribution in [2.45, 2.75) is 12.6 Å². The topological polar surface area (TPSA) is 16.1 Å². The first-order valence-corrected chi connectivity index (χ1v) is 7.07. The summed E-state index contributed by atoms with van der Waals surface area (Å²) in [5.74, 6) is 5.50. The SMILES string of the molecule is Cc1ccc(C#CC2(F)CN(c3cccc(Cl)c3)C2)nc1. The highest BCUT2D eigenvalue weighted by Crippen LogP contribution is 2.31. The van der Waals surface area contributed by atoms with Crippen LogP contribution in [0.15, 0.2) is 42.6 Å². The largest absolute Gasteiger partial charge is 0.363 e. The van der Waals surface area contributed by atoms with Crippen LogP contribution in [0.25, 0.3) is 0 Å². The minimum absolute atomic E-state index is 0.256. The number of hydrogen-bond acceptors (Lipinski definition) is 2. The van der Waals surface area contributed by atoms with Crippen molar-refractivity contribution >= 4 is 17.3 Å². The number of anilines is 1. The molecule has 21 heavy (non-hydrogen) atoms. The van der Waals surface area contributed by atoms with Crippen molar-refractivity contribution in [2.75, 3.05) is 18.0 Å². The Balaban J connectivity index is 1.68. The van der Waals surface area contributed by atoms with Gasteiger partial charge < -0.3 is 4.90 Å². The van der Waals surface area contributed by atoms with Crippen LogP contribution in [-0.4, -0.2) is 23.7 Å². The molecule has 0 saturated carbocycles. The van der Waals surface area contributed by atoms with Crippen molar-refractivity contribution in [3.63, 3.8) is 0 Å². The molecule has 2 nitrogen and oxygen atoms in total. The molecule has 2 heterocycles. The van der Waals surface area contributed by atoms with Crippen LogP contribution in [0, 0.1) is 18.8 Å². The Hall–Kier alpha value is -2.05. The van der Waals surface area contributed by atoms with Crippen LogP contribution in [0.3, 0.4) is 0 Å². The number of halogens is 2. The fourth-order valence-electron chi connectivity index (χ4n) is 2.21. The summed E-state index contributed by atoms with van der Waals surface area (Å²) < 4.78 is 14.4. The normalized spacial score (nSPS) is 15.9. The molecular formula is C17H14ClFN2. The van der Waals surface area contributed by atoms with Gasteiger partial charge in [-0.2, -0.15) is 0 Å². The van der Waals surface area contributed by atoms with Crippen molar-refractivity contribution in [3.05, 3.63) is 58.9 Å². The molecule has 1 fully saturated rings. The number of hydrogen-bond donors (Lipinski definition) is 0. The van der Waals surface area contributed by atoms with Crippen LogP contribution in [0.4, 0.5) is 10.1 Å². The first kappa shape index (κ1) is 13.9. The van der Waals surface area contributed by atoms with E-state index < -0.39 is 5.67 Å². The van der Waals surface area contributed by atoms with Crippen LogP contribution >= 0.6 is 11.6 Å². The van der Waals surface area contributed by atoms with E-state index in [9.17, 15) is 4.39 Å². The van der Waals surface area contributed by atoms with Gasteiger partial charge in [-0.05, 0) is 42.7 Å². The summed E-state index contributed by atoms with van der Waals surface area (Å²) in [4.78, 5) is 6.08. The van der Waals surface area contributed by atoms with E-state index in [0.717, 1.165) is 11.3 Å². The maximum atomic E-state index is 14.4. The Morgan fingerprint density at radius 3 is 2.76 bits per heavy atom. The van der Waals surface area contributed by atoms with Crippen LogP contribution in [0.2, 0.25) is 5.02 Å². The van der Waals surface area contributed by atoms with Crippen LogP contribution < -0.4 is 4.90 Å². The zero-order valence-electron chi connectivity index (χ0n) is 11.6. The van der Waals surface area contributed by atoms with E-state index in [0.29, 0.717) is 10.7 Å². The highest BCUT2D eigenvalue weighted by Gasteiger charge is 2.42. The number of alkyl halides is 1. The van der Waals surface area contributed by atoms with E-state index in [-0.39, 0.29) is 13.1 Å². The molecule has 1 aliphatic rings. The van der Waals surface area contributed by atoms with E-state index in [1.54, 1.807) is 18.3 Å². The number of aryl methyl sites for hydroxylation is 1. The summed E-state index contributed by atoms with van der Waals surface area (Å²) in [6, 6.07) is 11.1. The molecule has 1 aromatic heterocycles. The van der Waals surface area contributed by atoms with E-state index >= 15 is 0 Å². The van der Waals surface area contributed by atoms with E-state index in [4.69, 9.17) is 11.6 Å². The molecule has 0 atom stereocenters. The number of rotatable bonds is 1. The Bertz CT molecular complexity index is 710. The molecule has 1 saturated heterocycles. The molecular weight excluding hydrogens is 287 g/mol. The van der Waals surface area contributed by atoms with E-state index in [2.05, 4.69) is 16.8 Å². The molecule has 0 amide bonds. The van der Waals surface area contributed by atoms with Gasteiger partial charge in [-0.25, -0.2) is 9.37 Å². The molecule has 4 heteroatoms. The van der Waals surface area contributed by atoms with Crippen LogP contribution in [0.1, 0.15) is 11.3 Å². The van der Waals surface area contributed by atoms with Gasteiger partial charge in [0.25, 0.3) is 0 Å². The molecule has 0 aliphatic carbocycles. The molecule has 0 bridgehead atoms. The lowest BCUT2D eigenvalue weighted by atomic mass is 9.96. The molecule has 0 spiro atoms. The van der Waals surface area contributed by atoms with Crippen molar-refractivity contribution in [2.24, 2.45) is 0 Å².